The van der Waals surface area contributed by atoms with Crippen LogP contribution in [0, 0.1) is 0 Å². The summed E-state index contributed by atoms with van der Waals surface area (Å²) in [5.74, 6) is 0.966. The summed E-state index contributed by atoms with van der Waals surface area (Å²) in [5.41, 5.74) is 2.31. The summed E-state index contributed by atoms with van der Waals surface area (Å²) in [4.78, 5) is 0. The zero-order valence-corrected chi connectivity index (χ0v) is 12.5. The molecule has 4 heteroatoms. The van der Waals surface area contributed by atoms with Gasteiger partial charge in [-0.3, -0.25) is 4.68 Å². The van der Waals surface area contributed by atoms with E-state index in [2.05, 4.69) is 22.5 Å². The third-order valence-electron chi connectivity index (χ3n) is 2.98. The van der Waals surface area contributed by atoms with Crippen LogP contribution in [0.15, 0.2) is 36.5 Å². The van der Waals surface area contributed by atoms with E-state index in [4.69, 9.17) is 4.74 Å². The van der Waals surface area contributed by atoms with Crippen molar-refractivity contribution in [1.29, 1.82) is 0 Å². The monoisotopic (exact) mass is 273 g/mol. The molecule has 0 radical (unpaired) electrons. The molecule has 0 aliphatic rings. The first-order valence-electron chi connectivity index (χ1n) is 7.09. The van der Waals surface area contributed by atoms with E-state index < -0.39 is 0 Å². The summed E-state index contributed by atoms with van der Waals surface area (Å²) in [6.45, 7) is 5.82. The fourth-order valence-corrected chi connectivity index (χ4v) is 2.05. The predicted octanol–water partition coefficient (Wildman–Crippen LogP) is 2.54. The Morgan fingerprint density at radius 3 is 2.75 bits per heavy atom. The summed E-state index contributed by atoms with van der Waals surface area (Å²) >= 11 is 0. The number of benzene rings is 1. The Labute approximate surface area is 120 Å². The summed E-state index contributed by atoms with van der Waals surface area (Å²) in [6.07, 6.45) is 3.11. The highest BCUT2D eigenvalue weighted by Crippen LogP contribution is 2.18. The van der Waals surface area contributed by atoms with E-state index in [9.17, 15) is 0 Å². The van der Waals surface area contributed by atoms with E-state index in [0.717, 1.165) is 31.0 Å². The topological polar surface area (TPSA) is 39.1 Å². The van der Waals surface area contributed by atoms with Crippen molar-refractivity contribution < 1.29 is 4.74 Å². The van der Waals surface area contributed by atoms with Crippen LogP contribution >= 0.6 is 0 Å². The number of aryl methyl sites for hydroxylation is 1. The Kier molecular flexibility index (Phi) is 5.18. The molecule has 0 saturated carbocycles. The lowest BCUT2D eigenvalue weighted by Gasteiger charge is -2.14. The fraction of sp³-hybridized carbons (Fsp3) is 0.438. The number of hydrogen-bond acceptors (Lipinski definition) is 3. The predicted molar refractivity (Wildman–Crippen MR) is 80.8 cm³/mol. The van der Waals surface area contributed by atoms with Crippen LogP contribution in [0.1, 0.15) is 25.1 Å². The average molecular weight is 273 g/mol. The van der Waals surface area contributed by atoms with Crippen molar-refractivity contribution in [3.8, 4) is 5.75 Å². The van der Waals surface area contributed by atoms with Gasteiger partial charge in [-0.2, -0.15) is 5.10 Å². The Bertz CT molecular complexity index is 534. The molecule has 0 spiro atoms. The van der Waals surface area contributed by atoms with E-state index in [1.54, 1.807) is 0 Å². The number of rotatable bonds is 7. The molecule has 1 heterocycles. The molecule has 0 saturated heterocycles. The van der Waals surface area contributed by atoms with Gasteiger partial charge in [0.2, 0.25) is 0 Å². The highest BCUT2D eigenvalue weighted by atomic mass is 16.5. The van der Waals surface area contributed by atoms with Gasteiger partial charge >= 0.3 is 0 Å². The summed E-state index contributed by atoms with van der Waals surface area (Å²) in [5, 5.41) is 7.81. The first-order chi connectivity index (χ1) is 9.65. The third kappa shape index (κ3) is 4.38. The van der Waals surface area contributed by atoms with Crippen LogP contribution in [0.25, 0.3) is 0 Å². The molecule has 1 N–H and O–H groups in total. The Balaban J connectivity index is 1.81. The number of hydrogen-bond donors (Lipinski definition) is 1. The highest BCUT2D eigenvalue weighted by Gasteiger charge is 2.04. The maximum absolute atomic E-state index is 5.81. The van der Waals surface area contributed by atoms with Gasteiger partial charge in [-0.25, -0.2) is 0 Å². The molecule has 0 amide bonds. The molecule has 0 aliphatic heterocycles. The van der Waals surface area contributed by atoms with Gasteiger partial charge in [0, 0.05) is 38.3 Å². The van der Waals surface area contributed by atoms with Gasteiger partial charge in [0.05, 0.1) is 11.8 Å². The van der Waals surface area contributed by atoms with E-state index in [1.165, 1.54) is 5.56 Å². The van der Waals surface area contributed by atoms with Gasteiger partial charge in [0.1, 0.15) is 5.75 Å². The van der Waals surface area contributed by atoms with Crippen LogP contribution in [-0.2, 0) is 20.0 Å². The summed E-state index contributed by atoms with van der Waals surface area (Å²) in [7, 11) is 1.94. The minimum atomic E-state index is 0.199. The number of aromatic nitrogens is 2. The normalized spacial score (nSPS) is 11.0. The van der Waals surface area contributed by atoms with Gasteiger partial charge in [-0.15, -0.1) is 0 Å². The first kappa shape index (κ1) is 14.6. The minimum absolute atomic E-state index is 0.199. The first-order valence-corrected chi connectivity index (χ1v) is 7.09. The smallest absolute Gasteiger partial charge is 0.124 e. The second-order valence-corrected chi connectivity index (χ2v) is 5.18. The maximum atomic E-state index is 5.81. The van der Waals surface area contributed by atoms with Crippen LogP contribution in [0.5, 0.6) is 5.75 Å². The lowest BCUT2D eigenvalue weighted by atomic mass is 10.2. The lowest BCUT2D eigenvalue weighted by Crippen LogP contribution is -2.18. The van der Waals surface area contributed by atoms with Crippen LogP contribution in [0.4, 0.5) is 0 Å². The van der Waals surface area contributed by atoms with Gasteiger partial charge < -0.3 is 10.1 Å². The van der Waals surface area contributed by atoms with Crippen molar-refractivity contribution in [2.45, 2.75) is 32.9 Å². The van der Waals surface area contributed by atoms with E-state index in [-0.39, 0.29) is 6.10 Å². The van der Waals surface area contributed by atoms with Crippen LogP contribution < -0.4 is 10.1 Å². The number of ether oxygens (including phenoxy) is 1. The standard InChI is InChI=1S/C16H23N3O/c1-13(2)20-16-7-5-4-6-14(16)12-17-10-8-15-9-11-19(3)18-15/h4-7,9,11,13,17H,8,10,12H2,1-3H3. The van der Waals surface area contributed by atoms with Crippen molar-refractivity contribution in [1.82, 2.24) is 15.1 Å². The van der Waals surface area contributed by atoms with E-state index in [1.807, 2.05) is 50.0 Å². The molecule has 0 aliphatic carbocycles. The van der Waals surface area contributed by atoms with Crippen molar-refractivity contribution in [3.05, 3.63) is 47.8 Å². The molecule has 108 valence electrons. The Morgan fingerprint density at radius 2 is 2.05 bits per heavy atom. The van der Waals surface area contributed by atoms with Crippen molar-refractivity contribution >= 4 is 0 Å². The minimum Gasteiger partial charge on any atom is -0.491 e. The molecule has 2 aromatic rings. The third-order valence-corrected chi connectivity index (χ3v) is 2.98. The molecular formula is C16H23N3O. The largest absolute Gasteiger partial charge is 0.491 e. The van der Waals surface area contributed by atoms with Crippen molar-refractivity contribution in [3.63, 3.8) is 0 Å². The molecule has 2 rings (SSSR count). The second-order valence-electron chi connectivity index (χ2n) is 5.18. The SMILES string of the molecule is CC(C)Oc1ccccc1CNCCc1ccn(C)n1. The van der Waals surface area contributed by atoms with E-state index >= 15 is 0 Å². The number of nitrogens with zero attached hydrogens (tertiary/aromatic N) is 2. The molecule has 4 nitrogen and oxygen atoms in total. The molecule has 1 aromatic carbocycles. The van der Waals surface area contributed by atoms with Crippen LogP contribution in [0.3, 0.4) is 0 Å². The van der Waals surface area contributed by atoms with Crippen LogP contribution in [0.2, 0.25) is 0 Å². The number of para-hydroxylation sites is 1. The summed E-state index contributed by atoms with van der Waals surface area (Å²) < 4.78 is 7.64. The average Bonchev–Trinajstić information content (AvgIpc) is 2.81. The zero-order chi connectivity index (χ0) is 14.4. The van der Waals surface area contributed by atoms with Crippen molar-refractivity contribution in [2.24, 2.45) is 7.05 Å². The molecule has 20 heavy (non-hydrogen) atoms. The Morgan fingerprint density at radius 1 is 1.25 bits per heavy atom. The molecule has 0 bridgehead atoms. The lowest BCUT2D eigenvalue weighted by molar-refractivity contribution is 0.239. The van der Waals surface area contributed by atoms with Crippen LogP contribution in [-0.4, -0.2) is 22.4 Å². The van der Waals surface area contributed by atoms with Gasteiger partial charge in [0.15, 0.2) is 0 Å². The Hall–Kier alpha value is -1.81. The molecule has 0 atom stereocenters. The molecular weight excluding hydrogens is 250 g/mol. The fourth-order valence-electron chi connectivity index (χ4n) is 2.05. The summed E-state index contributed by atoms with van der Waals surface area (Å²) in [6, 6.07) is 10.2. The van der Waals surface area contributed by atoms with Gasteiger partial charge in [-0.1, -0.05) is 18.2 Å². The molecule has 0 unspecified atom stereocenters. The zero-order valence-electron chi connectivity index (χ0n) is 12.5. The number of nitrogens with one attached hydrogen (secondary N) is 1. The quantitative estimate of drug-likeness (QED) is 0.788. The van der Waals surface area contributed by atoms with Crippen molar-refractivity contribution in [2.75, 3.05) is 6.54 Å². The van der Waals surface area contributed by atoms with E-state index in [0.29, 0.717) is 0 Å². The molecule has 1 aromatic heterocycles. The second kappa shape index (κ2) is 7.10. The van der Waals surface area contributed by atoms with Gasteiger partial charge in [0.25, 0.3) is 0 Å². The highest BCUT2D eigenvalue weighted by molar-refractivity contribution is 5.33. The molecule has 0 fully saturated rings. The van der Waals surface area contributed by atoms with Gasteiger partial charge in [-0.05, 0) is 26.0 Å². The maximum Gasteiger partial charge on any atom is 0.124 e.